The molecule has 1 amide bonds. The summed E-state index contributed by atoms with van der Waals surface area (Å²) in [5.74, 6) is 0.928. The summed E-state index contributed by atoms with van der Waals surface area (Å²) in [7, 11) is 0. The Morgan fingerprint density at radius 2 is 2.17 bits per heavy atom. The summed E-state index contributed by atoms with van der Waals surface area (Å²) in [5, 5.41) is 5.75. The van der Waals surface area contributed by atoms with Gasteiger partial charge in [0.05, 0.1) is 27.2 Å². The topological polar surface area (TPSA) is 103 Å². The van der Waals surface area contributed by atoms with E-state index >= 15 is 0 Å². The number of rotatable bonds is 3. The lowest BCUT2D eigenvalue weighted by Crippen LogP contribution is -2.55. The van der Waals surface area contributed by atoms with E-state index in [2.05, 4.69) is 27.6 Å². The van der Waals surface area contributed by atoms with Crippen molar-refractivity contribution in [2.75, 3.05) is 12.3 Å². The van der Waals surface area contributed by atoms with Crippen molar-refractivity contribution in [3.63, 3.8) is 0 Å². The number of fused-ring (bicyclic) bond motifs is 3. The van der Waals surface area contributed by atoms with Crippen molar-refractivity contribution in [3.8, 4) is 11.3 Å². The van der Waals surface area contributed by atoms with Crippen LogP contribution in [0, 0.1) is 5.92 Å². The molecule has 0 radical (unpaired) electrons. The maximum atomic E-state index is 12.1. The highest BCUT2D eigenvalue weighted by molar-refractivity contribution is 7.16. The van der Waals surface area contributed by atoms with Gasteiger partial charge in [-0.15, -0.1) is 11.3 Å². The third-order valence-corrected chi connectivity index (χ3v) is 7.18. The molecule has 2 N–H and O–H groups in total. The molecule has 30 heavy (non-hydrogen) atoms. The van der Waals surface area contributed by atoms with Gasteiger partial charge in [0.25, 0.3) is 0 Å². The number of likely N-dealkylation sites (tertiary alicyclic amines) is 1. The fourth-order valence-electron chi connectivity index (χ4n) is 4.93. The molecule has 0 bridgehead atoms. The normalized spacial score (nSPS) is 22.9. The lowest BCUT2D eigenvalue weighted by molar-refractivity contribution is -0.136. The first kappa shape index (κ1) is 17.5. The SMILES string of the molecule is C=CC(=O)N1CC2CC(n3nc(-c4ccc5ncsc5c4)c4c(N)ncnc43)CC21. The minimum atomic E-state index is 0.00680. The molecule has 3 atom stereocenters. The Balaban J connectivity index is 1.44. The quantitative estimate of drug-likeness (QED) is 0.514. The van der Waals surface area contributed by atoms with Crippen LogP contribution in [0.2, 0.25) is 0 Å². The first-order valence-corrected chi connectivity index (χ1v) is 10.8. The molecule has 0 spiro atoms. The van der Waals surface area contributed by atoms with Crippen molar-refractivity contribution in [3.05, 3.63) is 42.7 Å². The van der Waals surface area contributed by atoms with Gasteiger partial charge in [-0.25, -0.2) is 19.6 Å². The zero-order chi connectivity index (χ0) is 20.4. The molecule has 1 aliphatic heterocycles. The van der Waals surface area contributed by atoms with Crippen molar-refractivity contribution in [2.45, 2.75) is 24.9 Å². The van der Waals surface area contributed by atoms with Gasteiger partial charge >= 0.3 is 0 Å². The lowest BCUT2D eigenvalue weighted by Gasteiger charge is -2.43. The van der Waals surface area contributed by atoms with E-state index in [4.69, 9.17) is 10.8 Å². The van der Waals surface area contributed by atoms with Crippen LogP contribution in [-0.4, -0.2) is 48.1 Å². The Kier molecular flexibility index (Phi) is 3.70. The third kappa shape index (κ3) is 2.41. The number of carbonyl (C=O) groups is 1. The molecule has 1 aliphatic carbocycles. The van der Waals surface area contributed by atoms with Gasteiger partial charge in [-0.2, -0.15) is 5.10 Å². The molecular formula is C21H19N7OS. The Bertz CT molecular complexity index is 1330. The Morgan fingerprint density at radius 1 is 1.27 bits per heavy atom. The van der Waals surface area contributed by atoms with Crippen LogP contribution < -0.4 is 5.73 Å². The molecule has 8 nitrogen and oxygen atoms in total. The number of hydrogen-bond acceptors (Lipinski definition) is 7. The van der Waals surface area contributed by atoms with Gasteiger partial charge in [0, 0.05) is 18.2 Å². The minimum absolute atomic E-state index is 0.00680. The van der Waals surface area contributed by atoms with Gasteiger partial charge in [0.15, 0.2) is 5.65 Å². The van der Waals surface area contributed by atoms with Crippen LogP contribution >= 0.6 is 11.3 Å². The highest BCUT2D eigenvalue weighted by Crippen LogP contribution is 2.46. The lowest BCUT2D eigenvalue weighted by atomic mass is 9.92. The molecule has 1 saturated carbocycles. The van der Waals surface area contributed by atoms with E-state index in [0.29, 0.717) is 11.7 Å². The summed E-state index contributed by atoms with van der Waals surface area (Å²) < 4.78 is 3.09. The number of benzene rings is 1. The molecule has 4 heterocycles. The molecule has 4 aromatic rings. The Hall–Kier alpha value is -3.33. The van der Waals surface area contributed by atoms with Crippen molar-refractivity contribution >= 4 is 44.3 Å². The Labute approximate surface area is 176 Å². The van der Waals surface area contributed by atoms with E-state index in [1.807, 2.05) is 27.2 Å². The van der Waals surface area contributed by atoms with Crippen LogP contribution in [-0.2, 0) is 4.79 Å². The number of nitrogen functional groups attached to an aromatic ring is 1. The van der Waals surface area contributed by atoms with E-state index in [1.54, 1.807) is 11.3 Å². The van der Waals surface area contributed by atoms with Crippen molar-refractivity contribution in [1.29, 1.82) is 0 Å². The van der Waals surface area contributed by atoms with Gasteiger partial charge in [0.1, 0.15) is 17.8 Å². The molecule has 150 valence electrons. The molecule has 2 fully saturated rings. The van der Waals surface area contributed by atoms with Crippen LogP contribution in [0.15, 0.2) is 42.7 Å². The summed E-state index contributed by atoms with van der Waals surface area (Å²) in [6.07, 6.45) is 4.72. The number of amides is 1. The zero-order valence-corrected chi connectivity index (χ0v) is 16.9. The number of carbonyl (C=O) groups excluding carboxylic acids is 1. The van der Waals surface area contributed by atoms with E-state index in [-0.39, 0.29) is 18.0 Å². The largest absolute Gasteiger partial charge is 0.383 e. The van der Waals surface area contributed by atoms with Gasteiger partial charge in [-0.3, -0.25) is 4.79 Å². The van der Waals surface area contributed by atoms with Crippen LogP contribution in [0.25, 0.3) is 32.5 Å². The molecule has 1 saturated heterocycles. The second-order valence-corrected chi connectivity index (χ2v) is 8.82. The number of nitrogens with zero attached hydrogens (tertiary/aromatic N) is 6. The average Bonchev–Trinajstić information content (AvgIpc) is 3.44. The minimum Gasteiger partial charge on any atom is -0.383 e. The fourth-order valence-corrected chi connectivity index (χ4v) is 5.64. The second kappa shape index (κ2) is 6.33. The molecular weight excluding hydrogens is 398 g/mol. The zero-order valence-electron chi connectivity index (χ0n) is 16.1. The standard InChI is InChI=1S/C21H19N7OS/c1-2-17(29)27-8-12-5-13(7-15(12)27)28-21-18(20(22)23-9-24-21)19(26-28)11-3-4-14-16(6-11)30-10-25-14/h2-4,6,9-10,12-13,15H,1,5,7-8H2,(H2,22,23,24). The summed E-state index contributed by atoms with van der Waals surface area (Å²) >= 11 is 1.60. The molecule has 3 unspecified atom stereocenters. The number of aromatic nitrogens is 5. The molecule has 6 rings (SSSR count). The van der Waals surface area contributed by atoms with Crippen molar-refractivity contribution in [1.82, 2.24) is 29.6 Å². The van der Waals surface area contributed by atoms with E-state index < -0.39 is 0 Å². The van der Waals surface area contributed by atoms with Gasteiger partial charge < -0.3 is 10.6 Å². The first-order valence-electron chi connectivity index (χ1n) is 9.89. The number of thiazole rings is 1. The number of hydrogen-bond donors (Lipinski definition) is 1. The summed E-state index contributed by atoms with van der Waals surface area (Å²) in [6, 6.07) is 6.52. The van der Waals surface area contributed by atoms with Crippen molar-refractivity contribution < 1.29 is 4.79 Å². The monoisotopic (exact) mass is 417 g/mol. The molecule has 1 aromatic carbocycles. The predicted octanol–water partition coefficient (Wildman–Crippen LogP) is 3.03. The number of nitrogens with two attached hydrogens (primary N) is 1. The van der Waals surface area contributed by atoms with E-state index in [9.17, 15) is 4.79 Å². The van der Waals surface area contributed by atoms with Gasteiger partial charge in [-0.05, 0) is 37.0 Å². The summed E-state index contributed by atoms with van der Waals surface area (Å²) in [6.45, 7) is 4.41. The van der Waals surface area contributed by atoms with Crippen LogP contribution in [0.5, 0.6) is 0 Å². The van der Waals surface area contributed by atoms with E-state index in [0.717, 1.165) is 51.9 Å². The van der Waals surface area contributed by atoms with Gasteiger partial charge in [-0.1, -0.05) is 12.6 Å². The molecule has 2 aliphatic rings. The fraction of sp³-hybridized carbons (Fsp3) is 0.286. The second-order valence-electron chi connectivity index (χ2n) is 7.93. The first-order chi connectivity index (χ1) is 14.6. The maximum Gasteiger partial charge on any atom is 0.246 e. The molecule has 9 heteroatoms. The third-order valence-electron chi connectivity index (χ3n) is 6.39. The van der Waals surface area contributed by atoms with Crippen LogP contribution in [0.1, 0.15) is 18.9 Å². The van der Waals surface area contributed by atoms with Gasteiger partial charge in [0.2, 0.25) is 5.91 Å². The predicted molar refractivity (Wildman–Crippen MR) is 116 cm³/mol. The van der Waals surface area contributed by atoms with Crippen LogP contribution in [0.4, 0.5) is 5.82 Å². The smallest absolute Gasteiger partial charge is 0.246 e. The van der Waals surface area contributed by atoms with Crippen molar-refractivity contribution in [2.24, 2.45) is 5.92 Å². The highest BCUT2D eigenvalue weighted by atomic mass is 32.1. The highest BCUT2D eigenvalue weighted by Gasteiger charge is 2.48. The summed E-state index contributed by atoms with van der Waals surface area (Å²) in [4.78, 5) is 27.1. The Morgan fingerprint density at radius 3 is 3.03 bits per heavy atom. The molecule has 3 aromatic heterocycles. The summed E-state index contributed by atoms with van der Waals surface area (Å²) in [5.41, 5.74) is 11.6. The van der Waals surface area contributed by atoms with Crippen LogP contribution in [0.3, 0.4) is 0 Å². The van der Waals surface area contributed by atoms with E-state index in [1.165, 1.54) is 12.4 Å². The maximum absolute atomic E-state index is 12.1. The number of anilines is 1. The average molecular weight is 417 g/mol.